The van der Waals surface area contributed by atoms with Crippen molar-refractivity contribution >= 4 is 11.0 Å². The predicted octanol–water partition coefficient (Wildman–Crippen LogP) is 2.90. The maximum Gasteiger partial charge on any atom is 0.141 e. The quantitative estimate of drug-likeness (QED) is 0.757. The second-order valence-corrected chi connectivity index (χ2v) is 4.39. The van der Waals surface area contributed by atoms with Gasteiger partial charge in [-0.15, -0.1) is 0 Å². The monoisotopic (exact) mass is 256 g/mol. The Morgan fingerprint density at radius 2 is 2.00 bits per heavy atom. The van der Waals surface area contributed by atoms with Gasteiger partial charge >= 0.3 is 0 Å². The maximum atomic E-state index is 13.7. The van der Waals surface area contributed by atoms with Crippen LogP contribution in [0.2, 0.25) is 0 Å². The molecule has 0 radical (unpaired) electrons. The van der Waals surface area contributed by atoms with Crippen molar-refractivity contribution in [3.8, 4) is 11.4 Å². The molecular formula is C15H13FN2O. The number of aromatic nitrogens is 2. The van der Waals surface area contributed by atoms with Crippen LogP contribution in [0, 0.1) is 5.82 Å². The summed E-state index contributed by atoms with van der Waals surface area (Å²) in [5, 5.41) is 8.94. The van der Waals surface area contributed by atoms with E-state index < -0.39 is 0 Å². The number of hydrogen-bond acceptors (Lipinski definition) is 2. The van der Waals surface area contributed by atoms with Crippen LogP contribution in [0.3, 0.4) is 0 Å². The van der Waals surface area contributed by atoms with E-state index in [9.17, 15) is 4.39 Å². The lowest BCUT2D eigenvalue weighted by Gasteiger charge is -1.97. The zero-order valence-corrected chi connectivity index (χ0v) is 10.2. The van der Waals surface area contributed by atoms with E-state index >= 15 is 0 Å². The molecule has 2 aromatic carbocycles. The zero-order valence-electron chi connectivity index (χ0n) is 10.2. The summed E-state index contributed by atoms with van der Waals surface area (Å²) in [5.41, 5.74) is 3.13. The number of imidazole rings is 1. The van der Waals surface area contributed by atoms with Crippen LogP contribution >= 0.6 is 0 Å². The third-order valence-electron chi connectivity index (χ3n) is 3.08. The molecule has 0 atom stereocenters. The van der Waals surface area contributed by atoms with E-state index in [1.807, 2.05) is 18.2 Å². The first-order chi connectivity index (χ1) is 9.28. The summed E-state index contributed by atoms with van der Waals surface area (Å²) >= 11 is 0. The summed E-state index contributed by atoms with van der Waals surface area (Å²) < 4.78 is 13.7. The summed E-state index contributed by atoms with van der Waals surface area (Å²) in [6, 6.07) is 12.3. The minimum Gasteiger partial charge on any atom is -0.396 e. The van der Waals surface area contributed by atoms with Gasteiger partial charge in [-0.25, -0.2) is 9.37 Å². The lowest BCUT2D eigenvalue weighted by Crippen LogP contribution is -1.89. The Balaban J connectivity index is 2.09. The van der Waals surface area contributed by atoms with Crippen LogP contribution in [0.5, 0.6) is 0 Å². The molecule has 0 saturated carbocycles. The number of hydrogen-bond donors (Lipinski definition) is 2. The molecular weight excluding hydrogens is 243 g/mol. The van der Waals surface area contributed by atoms with E-state index in [2.05, 4.69) is 9.97 Å². The maximum absolute atomic E-state index is 13.7. The van der Waals surface area contributed by atoms with Crippen LogP contribution < -0.4 is 0 Å². The zero-order chi connectivity index (χ0) is 13.2. The molecule has 96 valence electrons. The number of H-pyrrole nitrogens is 1. The molecule has 0 aliphatic heterocycles. The molecule has 3 aromatic rings. The second-order valence-electron chi connectivity index (χ2n) is 4.39. The first-order valence-electron chi connectivity index (χ1n) is 6.12. The van der Waals surface area contributed by atoms with Gasteiger partial charge < -0.3 is 10.1 Å². The molecule has 0 aliphatic carbocycles. The molecule has 19 heavy (non-hydrogen) atoms. The van der Waals surface area contributed by atoms with Gasteiger partial charge in [0.05, 0.1) is 16.6 Å². The van der Waals surface area contributed by atoms with Crippen LogP contribution in [-0.2, 0) is 6.42 Å². The fraction of sp³-hybridized carbons (Fsp3) is 0.133. The van der Waals surface area contributed by atoms with Gasteiger partial charge in [0, 0.05) is 6.61 Å². The third kappa shape index (κ3) is 2.22. The lowest BCUT2D eigenvalue weighted by molar-refractivity contribution is 0.299. The van der Waals surface area contributed by atoms with E-state index in [1.54, 1.807) is 18.2 Å². The highest BCUT2D eigenvalue weighted by Gasteiger charge is 2.09. The fourth-order valence-electron chi connectivity index (χ4n) is 2.12. The molecule has 0 saturated heterocycles. The lowest BCUT2D eigenvalue weighted by atomic mass is 10.1. The average Bonchev–Trinajstić information content (AvgIpc) is 2.82. The van der Waals surface area contributed by atoms with Crippen LogP contribution in [0.1, 0.15) is 5.56 Å². The number of aromatic amines is 1. The van der Waals surface area contributed by atoms with Crippen LogP contribution in [0.4, 0.5) is 4.39 Å². The fourth-order valence-corrected chi connectivity index (χ4v) is 2.12. The largest absolute Gasteiger partial charge is 0.396 e. The molecule has 3 rings (SSSR count). The Bertz CT molecular complexity index is 721. The van der Waals surface area contributed by atoms with Crippen LogP contribution in [-0.4, -0.2) is 21.7 Å². The number of nitrogens with one attached hydrogen (secondary N) is 1. The molecule has 2 N–H and O–H groups in total. The van der Waals surface area contributed by atoms with Gasteiger partial charge in [-0.05, 0) is 36.2 Å². The molecule has 3 nitrogen and oxygen atoms in total. The number of nitrogens with zero attached hydrogens (tertiary/aromatic N) is 1. The van der Waals surface area contributed by atoms with Crippen molar-refractivity contribution in [1.29, 1.82) is 0 Å². The predicted molar refractivity (Wildman–Crippen MR) is 72.3 cm³/mol. The molecule has 0 unspecified atom stereocenters. The number of aliphatic hydroxyl groups excluding tert-OH is 1. The molecule has 4 heteroatoms. The van der Waals surface area contributed by atoms with Crippen LogP contribution in [0.25, 0.3) is 22.4 Å². The second kappa shape index (κ2) is 4.82. The summed E-state index contributed by atoms with van der Waals surface area (Å²) in [4.78, 5) is 7.51. The minimum atomic E-state index is -0.294. The van der Waals surface area contributed by atoms with Crippen molar-refractivity contribution in [2.75, 3.05) is 6.61 Å². The minimum absolute atomic E-state index is 0.111. The Morgan fingerprint density at radius 1 is 1.16 bits per heavy atom. The number of rotatable bonds is 3. The van der Waals surface area contributed by atoms with Gasteiger partial charge in [-0.2, -0.15) is 0 Å². The molecule has 0 bridgehead atoms. The van der Waals surface area contributed by atoms with Crippen molar-refractivity contribution in [2.24, 2.45) is 0 Å². The average molecular weight is 256 g/mol. The standard InChI is InChI=1S/C15H13FN2O/c16-12-4-2-1-3-11(12)15-17-13-6-5-10(7-8-19)9-14(13)18-15/h1-6,9,19H,7-8H2,(H,17,18). The van der Waals surface area contributed by atoms with Crippen LogP contribution in [0.15, 0.2) is 42.5 Å². The van der Waals surface area contributed by atoms with Gasteiger partial charge in [0.25, 0.3) is 0 Å². The first kappa shape index (κ1) is 11.9. The summed E-state index contributed by atoms with van der Waals surface area (Å²) in [6.45, 7) is 0.111. The topological polar surface area (TPSA) is 48.9 Å². The Morgan fingerprint density at radius 3 is 2.79 bits per heavy atom. The molecule has 1 aromatic heterocycles. The number of fused-ring (bicyclic) bond motifs is 1. The summed E-state index contributed by atoms with van der Waals surface area (Å²) in [5.74, 6) is 0.228. The van der Waals surface area contributed by atoms with Crippen molar-refractivity contribution in [1.82, 2.24) is 9.97 Å². The molecule has 0 amide bonds. The Labute approximate surface area is 109 Å². The van der Waals surface area contributed by atoms with Gasteiger partial charge in [0.2, 0.25) is 0 Å². The Kier molecular flexibility index (Phi) is 3.01. The molecule has 0 fully saturated rings. The van der Waals surface area contributed by atoms with Crippen molar-refractivity contribution in [2.45, 2.75) is 6.42 Å². The first-order valence-corrected chi connectivity index (χ1v) is 6.12. The van der Waals surface area contributed by atoms with Crippen molar-refractivity contribution in [3.05, 3.63) is 53.8 Å². The molecule has 0 aliphatic rings. The van der Waals surface area contributed by atoms with Crippen molar-refractivity contribution < 1.29 is 9.50 Å². The van der Waals surface area contributed by atoms with Gasteiger partial charge in [-0.1, -0.05) is 18.2 Å². The number of benzene rings is 2. The SMILES string of the molecule is OCCc1ccc2nc(-c3ccccc3F)[nH]c2c1. The normalized spacial score (nSPS) is 11.1. The number of halogens is 1. The van der Waals surface area contributed by atoms with Gasteiger partial charge in [-0.3, -0.25) is 0 Å². The highest BCUT2D eigenvalue weighted by molar-refractivity contribution is 5.80. The van der Waals surface area contributed by atoms with E-state index in [0.717, 1.165) is 16.6 Å². The van der Waals surface area contributed by atoms with Gasteiger partial charge in [0.1, 0.15) is 11.6 Å². The van der Waals surface area contributed by atoms with E-state index in [4.69, 9.17) is 5.11 Å². The third-order valence-corrected chi connectivity index (χ3v) is 3.08. The van der Waals surface area contributed by atoms with Crippen molar-refractivity contribution in [3.63, 3.8) is 0 Å². The Hall–Kier alpha value is -2.20. The summed E-state index contributed by atoms with van der Waals surface area (Å²) in [6.07, 6.45) is 0.601. The molecule has 1 heterocycles. The highest BCUT2D eigenvalue weighted by atomic mass is 19.1. The highest BCUT2D eigenvalue weighted by Crippen LogP contribution is 2.23. The smallest absolute Gasteiger partial charge is 0.141 e. The van der Waals surface area contributed by atoms with E-state index in [-0.39, 0.29) is 12.4 Å². The molecule has 0 spiro atoms. The van der Waals surface area contributed by atoms with Gasteiger partial charge in [0.15, 0.2) is 0 Å². The van der Waals surface area contributed by atoms with E-state index in [0.29, 0.717) is 17.8 Å². The number of aliphatic hydroxyl groups is 1. The van der Waals surface area contributed by atoms with E-state index in [1.165, 1.54) is 6.07 Å². The summed E-state index contributed by atoms with van der Waals surface area (Å²) in [7, 11) is 0.